The lowest BCUT2D eigenvalue weighted by Crippen LogP contribution is -2.51. The van der Waals surface area contributed by atoms with Gasteiger partial charge in [-0.15, -0.1) is 0 Å². The number of aromatic nitrogens is 1. The first-order chi connectivity index (χ1) is 12.6. The highest BCUT2D eigenvalue weighted by atomic mass is 16.5. The third kappa shape index (κ3) is 3.64. The molecule has 3 unspecified atom stereocenters. The van der Waals surface area contributed by atoms with E-state index in [2.05, 4.69) is 29.9 Å². The van der Waals surface area contributed by atoms with Gasteiger partial charge in [-0.1, -0.05) is 13.3 Å². The molecule has 0 spiro atoms. The molecule has 0 amide bonds. The van der Waals surface area contributed by atoms with Gasteiger partial charge >= 0.3 is 0 Å². The van der Waals surface area contributed by atoms with E-state index in [1.54, 1.807) is 6.20 Å². The Morgan fingerprint density at radius 3 is 2.81 bits per heavy atom. The van der Waals surface area contributed by atoms with Gasteiger partial charge in [0.25, 0.3) is 0 Å². The molecule has 1 saturated carbocycles. The molecule has 5 heteroatoms. The molecule has 0 bridgehead atoms. The molecule has 1 saturated heterocycles. The number of pyridine rings is 1. The zero-order valence-electron chi connectivity index (χ0n) is 16.3. The molecule has 1 aromatic heterocycles. The molecular formula is C21H31N3O2. The molecule has 1 aliphatic carbocycles. The molecule has 3 rings (SSSR count). The second kappa shape index (κ2) is 8.47. The third-order valence-corrected chi connectivity index (χ3v) is 6.51. The summed E-state index contributed by atoms with van der Waals surface area (Å²) in [5.74, 6) is 0.807. The Labute approximate surface area is 157 Å². The van der Waals surface area contributed by atoms with Crippen molar-refractivity contribution >= 4 is 0 Å². The van der Waals surface area contributed by atoms with E-state index in [0.717, 1.165) is 51.0 Å². The van der Waals surface area contributed by atoms with E-state index in [4.69, 9.17) is 9.47 Å². The first-order valence-corrected chi connectivity index (χ1v) is 9.81. The van der Waals surface area contributed by atoms with Gasteiger partial charge < -0.3 is 14.4 Å². The molecule has 5 nitrogen and oxygen atoms in total. The van der Waals surface area contributed by atoms with Crippen molar-refractivity contribution in [3.05, 3.63) is 29.6 Å². The summed E-state index contributed by atoms with van der Waals surface area (Å²) in [4.78, 5) is 6.67. The van der Waals surface area contributed by atoms with E-state index in [1.807, 2.05) is 19.2 Å². The summed E-state index contributed by atoms with van der Waals surface area (Å²) >= 11 is 0. The third-order valence-electron chi connectivity index (χ3n) is 6.51. The van der Waals surface area contributed by atoms with Gasteiger partial charge in [0.15, 0.2) is 0 Å². The maximum atomic E-state index is 9.29. The fourth-order valence-electron chi connectivity index (χ4n) is 5.09. The van der Waals surface area contributed by atoms with Crippen molar-refractivity contribution in [2.24, 2.45) is 11.8 Å². The van der Waals surface area contributed by atoms with Crippen molar-refractivity contribution in [3.8, 4) is 6.07 Å². The van der Waals surface area contributed by atoms with Gasteiger partial charge in [-0.05, 0) is 56.3 Å². The van der Waals surface area contributed by atoms with Crippen molar-refractivity contribution in [1.29, 1.82) is 5.26 Å². The quantitative estimate of drug-likeness (QED) is 0.809. The Bertz CT molecular complexity index is 638. The van der Waals surface area contributed by atoms with Crippen molar-refractivity contribution in [3.63, 3.8) is 0 Å². The minimum Gasteiger partial charge on any atom is -0.381 e. The number of nitriles is 1. The largest absolute Gasteiger partial charge is 0.381 e. The van der Waals surface area contributed by atoms with Crippen LogP contribution in [0.3, 0.4) is 0 Å². The van der Waals surface area contributed by atoms with Gasteiger partial charge in [-0.25, -0.2) is 4.98 Å². The summed E-state index contributed by atoms with van der Waals surface area (Å²) < 4.78 is 11.8. The van der Waals surface area contributed by atoms with Gasteiger partial charge in [0.2, 0.25) is 0 Å². The number of methoxy groups -OCH3 is 1. The van der Waals surface area contributed by atoms with Crippen LogP contribution in [-0.4, -0.2) is 49.8 Å². The average molecular weight is 357 g/mol. The lowest BCUT2D eigenvalue weighted by atomic mass is 9.65. The van der Waals surface area contributed by atoms with Crippen LogP contribution in [0.1, 0.15) is 50.3 Å². The number of nitrogens with zero attached hydrogens (tertiary/aromatic N) is 3. The molecule has 0 radical (unpaired) electrons. The average Bonchev–Trinajstić information content (AvgIpc) is 2.69. The Balaban J connectivity index is 1.89. The molecule has 142 valence electrons. The summed E-state index contributed by atoms with van der Waals surface area (Å²) in [7, 11) is 4.07. The van der Waals surface area contributed by atoms with E-state index in [1.165, 1.54) is 6.42 Å². The van der Waals surface area contributed by atoms with Gasteiger partial charge in [0, 0.05) is 45.0 Å². The molecule has 3 atom stereocenters. The highest BCUT2D eigenvalue weighted by Crippen LogP contribution is 2.48. The highest BCUT2D eigenvalue weighted by molar-refractivity contribution is 5.31. The van der Waals surface area contributed by atoms with Crippen LogP contribution in [0.15, 0.2) is 18.3 Å². The van der Waals surface area contributed by atoms with Crippen LogP contribution in [0.2, 0.25) is 0 Å². The standard InChI is InChI=1S/C21H31N3O2/c1-16-5-4-6-18(15-24(2)20-8-11-26-12-9-20)21(16,25-3)17-7-10-23-19(13-17)14-22/h7,10,13,16,18,20H,4-6,8-9,11-12,15H2,1-3H3. The lowest BCUT2D eigenvalue weighted by Gasteiger charge is -2.50. The molecule has 2 heterocycles. The van der Waals surface area contributed by atoms with Crippen LogP contribution in [0, 0.1) is 23.2 Å². The van der Waals surface area contributed by atoms with Gasteiger partial charge in [0.1, 0.15) is 11.8 Å². The fourth-order valence-corrected chi connectivity index (χ4v) is 5.09. The van der Waals surface area contributed by atoms with Crippen LogP contribution in [0.5, 0.6) is 0 Å². The van der Waals surface area contributed by atoms with E-state index in [9.17, 15) is 5.26 Å². The summed E-state index contributed by atoms with van der Waals surface area (Å²) in [6, 6.07) is 6.72. The monoisotopic (exact) mass is 357 g/mol. The Morgan fingerprint density at radius 1 is 1.35 bits per heavy atom. The normalized spacial score (nSPS) is 30.3. The summed E-state index contributed by atoms with van der Waals surface area (Å²) in [6.45, 7) is 5.02. The summed E-state index contributed by atoms with van der Waals surface area (Å²) in [5, 5.41) is 9.29. The minimum absolute atomic E-state index is 0.355. The van der Waals surface area contributed by atoms with Gasteiger partial charge in [-0.2, -0.15) is 5.26 Å². The van der Waals surface area contributed by atoms with Crippen LogP contribution >= 0.6 is 0 Å². The number of rotatable bonds is 5. The molecule has 26 heavy (non-hydrogen) atoms. The second-order valence-corrected chi connectivity index (χ2v) is 7.85. The lowest BCUT2D eigenvalue weighted by molar-refractivity contribution is -0.134. The van der Waals surface area contributed by atoms with Crippen molar-refractivity contribution < 1.29 is 9.47 Å². The van der Waals surface area contributed by atoms with E-state index in [-0.39, 0.29) is 5.60 Å². The van der Waals surface area contributed by atoms with E-state index in [0.29, 0.717) is 23.6 Å². The predicted octanol–water partition coefficient (Wildman–Crippen LogP) is 3.34. The molecule has 1 aliphatic heterocycles. The SMILES string of the molecule is COC1(c2ccnc(C#N)c2)C(C)CCCC1CN(C)C1CCOCC1. The molecule has 2 fully saturated rings. The number of hydrogen-bond donors (Lipinski definition) is 0. The van der Waals surface area contributed by atoms with Gasteiger partial charge in [0.05, 0.1) is 5.60 Å². The molecule has 0 N–H and O–H groups in total. The predicted molar refractivity (Wildman–Crippen MR) is 101 cm³/mol. The van der Waals surface area contributed by atoms with Crippen molar-refractivity contribution in [1.82, 2.24) is 9.88 Å². The highest BCUT2D eigenvalue weighted by Gasteiger charge is 2.48. The van der Waals surface area contributed by atoms with Crippen molar-refractivity contribution in [2.45, 2.75) is 50.7 Å². The van der Waals surface area contributed by atoms with Crippen LogP contribution in [0.4, 0.5) is 0 Å². The van der Waals surface area contributed by atoms with Gasteiger partial charge in [-0.3, -0.25) is 0 Å². The van der Waals surface area contributed by atoms with Crippen LogP contribution < -0.4 is 0 Å². The fraction of sp³-hybridized carbons (Fsp3) is 0.714. The Morgan fingerprint density at radius 2 is 2.12 bits per heavy atom. The van der Waals surface area contributed by atoms with E-state index >= 15 is 0 Å². The minimum atomic E-state index is -0.355. The Kier molecular flexibility index (Phi) is 6.29. The smallest absolute Gasteiger partial charge is 0.140 e. The van der Waals surface area contributed by atoms with E-state index < -0.39 is 0 Å². The second-order valence-electron chi connectivity index (χ2n) is 7.85. The summed E-state index contributed by atoms with van der Waals surface area (Å²) in [5.41, 5.74) is 1.21. The molecule has 1 aromatic rings. The van der Waals surface area contributed by atoms with Crippen molar-refractivity contribution in [2.75, 3.05) is 33.9 Å². The number of ether oxygens (including phenoxy) is 2. The van der Waals surface area contributed by atoms with Crippen LogP contribution in [0.25, 0.3) is 0 Å². The number of hydrogen-bond acceptors (Lipinski definition) is 5. The van der Waals surface area contributed by atoms with Crippen LogP contribution in [-0.2, 0) is 15.1 Å². The maximum Gasteiger partial charge on any atom is 0.140 e. The Hall–Kier alpha value is -1.48. The zero-order valence-corrected chi connectivity index (χ0v) is 16.3. The topological polar surface area (TPSA) is 58.4 Å². The first-order valence-electron chi connectivity index (χ1n) is 9.81. The molecule has 2 aliphatic rings. The maximum absolute atomic E-state index is 9.29. The zero-order chi connectivity index (χ0) is 18.6. The first kappa shape index (κ1) is 19.3. The summed E-state index contributed by atoms with van der Waals surface area (Å²) in [6.07, 6.45) is 7.48. The molecule has 0 aromatic carbocycles. The molecular weight excluding hydrogens is 326 g/mol.